The van der Waals surface area contributed by atoms with Crippen molar-refractivity contribution in [3.8, 4) is 0 Å². The molecule has 0 aromatic rings. The molecule has 12 heavy (non-hydrogen) atoms. The van der Waals surface area contributed by atoms with Crippen LogP contribution in [0.15, 0.2) is 0 Å². The van der Waals surface area contributed by atoms with Crippen molar-refractivity contribution < 1.29 is 18.6 Å². The Morgan fingerprint density at radius 1 is 1.17 bits per heavy atom. The van der Waals surface area contributed by atoms with E-state index in [0.717, 1.165) is 0 Å². The topological polar surface area (TPSA) is 44.8 Å². The predicted molar refractivity (Wildman–Crippen MR) is 48.0 cm³/mol. The summed E-state index contributed by atoms with van der Waals surface area (Å²) in [5.74, 6) is 0. The molecule has 7 heteroatoms. The molecule has 0 heterocycles. The Labute approximate surface area is 81.1 Å². The van der Waals surface area contributed by atoms with Crippen molar-refractivity contribution >= 4 is 28.6 Å². The zero-order chi connectivity index (χ0) is 9.45. The Kier molecular flexibility index (Phi) is 7.54. The van der Waals surface area contributed by atoms with Crippen LogP contribution in [0.5, 0.6) is 0 Å². The largest absolute Gasteiger partial charge is 0.382 e. The lowest BCUT2D eigenvalue weighted by molar-refractivity contribution is 0.0559. The van der Waals surface area contributed by atoms with Gasteiger partial charge in [0.05, 0.1) is 26.4 Å². The summed E-state index contributed by atoms with van der Waals surface area (Å²) in [5.41, 5.74) is 0. The SMILES string of the molecule is COCCOCCOP(=O)(Cl)Cl. The molecule has 0 atom stereocenters. The molecule has 0 aliphatic carbocycles. The van der Waals surface area contributed by atoms with Crippen molar-refractivity contribution in [3.05, 3.63) is 0 Å². The van der Waals surface area contributed by atoms with Crippen molar-refractivity contribution in [2.24, 2.45) is 0 Å². The molecule has 0 bridgehead atoms. The van der Waals surface area contributed by atoms with Crippen LogP contribution in [0.2, 0.25) is 0 Å². The average molecular weight is 237 g/mol. The van der Waals surface area contributed by atoms with Crippen LogP contribution >= 0.6 is 28.6 Å². The van der Waals surface area contributed by atoms with Crippen LogP contribution in [0.3, 0.4) is 0 Å². The maximum atomic E-state index is 10.5. The van der Waals surface area contributed by atoms with Gasteiger partial charge in [-0.3, -0.25) is 4.57 Å². The third-order valence-electron chi connectivity index (χ3n) is 0.901. The van der Waals surface area contributed by atoms with Crippen molar-refractivity contribution in [1.29, 1.82) is 0 Å². The molecule has 0 aromatic heterocycles. The summed E-state index contributed by atoms with van der Waals surface area (Å²) in [5, 5.41) is 0. The van der Waals surface area contributed by atoms with E-state index in [2.05, 4.69) is 4.52 Å². The zero-order valence-electron chi connectivity index (χ0n) is 6.66. The van der Waals surface area contributed by atoms with Gasteiger partial charge in [-0.15, -0.1) is 0 Å². The van der Waals surface area contributed by atoms with Gasteiger partial charge in [0.15, 0.2) is 0 Å². The molecule has 0 aromatic carbocycles. The molecular formula is C5H11Cl2O4P. The highest BCUT2D eigenvalue weighted by Gasteiger charge is 2.12. The van der Waals surface area contributed by atoms with E-state index in [1.807, 2.05) is 0 Å². The van der Waals surface area contributed by atoms with Crippen molar-refractivity contribution in [1.82, 2.24) is 0 Å². The highest BCUT2D eigenvalue weighted by Crippen LogP contribution is 2.57. The number of ether oxygens (including phenoxy) is 2. The summed E-state index contributed by atoms with van der Waals surface area (Å²) in [6.45, 7) is 1.40. The second-order valence-corrected chi connectivity index (χ2v) is 6.13. The van der Waals surface area contributed by atoms with Gasteiger partial charge in [0.25, 0.3) is 0 Å². The lowest BCUT2D eigenvalue weighted by Gasteiger charge is -2.04. The van der Waals surface area contributed by atoms with E-state index in [1.165, 1.54) is 0 Å². The Hall–Kier alpha value is 0.690. The van der Waals surface area contributed by atoms with E-state index in [-0.39, 0.29) is 6.61 Å². The summed E-state index contributed by atoms with van der Waals surface area (Å²) in [7, 11) is 1.57. The minimum absolute atomic E-state index is 0.119. The number of hydrogen-bond acceptors (Lipinski definition) is 4. The number of halogens is 2. The maximum Gasteiger partial charge on any atom is 0.380 e. The third-order valence-corrected chi connectivity index (χ3v) is 1.97. The van der Waals surface area contributed by atoms with Crippen molar-refractivity contribution in [2.75, 3.05) is 33.5 Å². The predicted octanol–water partition coefficient (Wildman–Crippen LogP) is 2.25. The fourth-order valence-electron chi connectivity index (χ4n) is 0.447. The molecule has 0 radical (unpaired) electrons. The van der Waals surface area contributed by atoms with Crippen LogP contribution in [-0.2, 0) is 18.6 Å². The van der Waals surface area contributed by atoms with Crippen molar-refractivity contribution in [2.45, 2.75) is 0 Å². The molecule has 0 N–H and O–H groups in total. The first-order valence-corrected chi connectivity index (χ1v) is 6.70. The molecule has 0 rings (SSSR count). The summed E-state index contributed by atoms with van der Waals surface area (Å²) >= 11 is 10.2. The number of methoxy groups -OCH3 is 1. The van der Waals surface area contributed by atoms with E-state index in [1.54, 1.807) is 7.11 Å². The van der Waals surface area contributed by atoms with E-state index >= 15 is 0 Å². The van der Waals surface area contributed by atoms with Gasteiger partial charge in [-0.2, -0.15) is 0 Å². The molecule has 74 valence electrons. The molecule has 0 aliphatic rings. The second kappa shape index (κ2) is 7.13. The normalized spacial score (nSPS) is 11.9. The van der Waals surface area contributed by atoms with Gasteiger partial charge in [-0.25, -0.2) is 0 Å². The Bertz CT molecular complexity index is 148. The third kappa shape index (κ3) is 10.7. The van der Waals surface area contributed by atoms with Gasteiger partial charge in [-0.05, 0) is 22.5 Å². The van der Waals surface area contributed by atoms with E-state index < -0.39 is 6.07 Å². The first-order chi connectivity index (χ1) is 5.56. The first kappa shape index (κ1) is 12.7. The smallest absolute Gasteiger partial charge is 0.380 e. The minimum Gasteiger partial charge on any atom is -0.382 e. The molecule has 0 saturated carbocycles. The quantitative estimate of drug-likeness (QED) is 0.503. The van der Waals surface area contributed by atoms with Gasteiger partial charge in [0, 0.05) is 7.11 Å². The molecule has 0 unspecified atom stereocenters. The van der Waals surface area contributed by atoms with Crippen molar-refractivity contribution in [3.63, 3.8) is 0 Å². The summed E-state index contributed by atoms with van der Waals surface area (Å²) in [6.07, 6.45) is -3.39. The Morgan fingerprint density at radius 3 is 2.25 bits per heavy atom. The molecule has 0 aliphatic heterocycles. The first-order valence-electron chi connectivity index (χ1n) is 3.27. The lowest BCUT2D eigenvalue weighted by Crippen LogP contribution is -2.06. The van der Waals surface area contributed by atoms with Crippen LogP contribution in [0.1, 0.15) is 0 Å². The Balaban J connectivity index is 3.06. The molecule has 0 amide bonds. The van der Waals surface area contributed by atoms with Gasteiger partial charge < -0.3 is 14.0 Å². The molecular weight excluding hydrogens is 226 g/mol. The molecule has 0 spiro atoms. The van der Waals surface area contributed by atoms with Gasteiger partial charge in [-0.1, -0.05) is 0 Å². The Morgan fingerprint density at radius 2 is 1.75 bits per heavy atom. The van der Waals surface area contributed by atoms with Crippen LogP contribution in [-0.4, -0.2) is 33.5 Å². The number of hydrogen-bond donors (Lipinski definition) is 0. The van der Waals surface area contributed by atoms with E-state index in [9.17, 15) is 4.57 Å². The highest BCUT2D eigenvalue weighted by molar-refractivity contribution is 8.05. The highest BCUT2D eigenvalue weighted by atomic mass is 35.9. The van der Waals surface area contributed by atoms with Gasteiger partial charge in [0.1, 0.15) is 0 Å². The minimum atomic E-state index is -3.39. The summed E-state index contributed by atoms with van der Waals surface area (Å²) < 4.78 is 24.8. The van der Waals surface area contributed by atoms with Crippen LogP contribution in [0, 0.1) is 0 Å². The van der Waals surface area contributed by atoms with Crippen LogP contribution in [0.25, 0.3) is 0 Å². The standard InChI is InChI=1S/C5H11Cl2O4P/c1-9-2-3-10-4-5-11-12(6,7)8/h2-5H2,1H3. The molecule has 4 nitrogen and oxygen atoms in total. The lowest BCUT2D eigenvalue weighted by atomic mass is 10.7. The summed E-state index contributed by atoms with van der Waals surface area (Å²) in [4.78, 5) is 0. The summed E-state index contributed by atoms with van der Waals surface area (Å²) in [6, 6.07) is 0. The van der Waals surface area contributed by atoms with Crippen LogP contribution < -0.4 is 0 Å². The monoisotopic (exact) mass is 236 g/mol. The average Bonchev–Trinajstić information content (AvgIpc) is 1.94. The molecule has 0 fully saturated rings. The fourth-order valence-corrected chi connectivity index (χ4v) is 1.15. The van der Waals surface area contributed by atoms with E-state index in [4.69, 9.17) is 32.0 Å². The molecule has 0 saturated heterocycles. The number of rotatable bonds is 7. The van der Waals surface area contributed by atoms with Gasteiger partial charge >= 0.3 is 6.07 Å². The van der Waals surface area contributed by atoms with Gasteiger partial charge in [0.2, 0.25) is 0 Å². The van der Waals surface area contributed by atoms with E-state index in [0.29, 0.717) is 19.8 Å². The zero-order valence-corrected chi connectivity index (χ0v) is 9.07. The fraction of sp³-hybridized carbons (Fsp3) is 1.00. The van der Waals surface area contributed by atoms with Crippen LogP contribution in [0.4, 0.5) is 0 Å². The second-order valence-electron chi connectivity index (χ2n) is 1.85. The maximum absolute atomic E-state index is 10.5.